The second kappa shape index (κ2) is 8.74. The summed E-state index contributed by atoms with van der Waals surface area (Å²) in [5.41, 5.74) is 2.05. The van der Waals surface area contributed by atoms with Crippen molar-refractivity contribution in [1.82, 2.24) is 14.3 Å². The number of benzene rings is 1. The maximum atomic E-state index is 12.8. The molecule has 0 saturated carbocycles. The molecule has 0 aliphatic carbocycles. The molecule has 9 heteroatoms. The Morgan fingerprint density at radius 2 is 2.07 bits per heavy atom. The highest BCUT2D eigenvalue weighted by Crippen LogP contribution is 2.24. The van der Waals surface area contributed by atoms with E-state index in [1.807, 2.05) is 38.3 Å². The van der Waals surface area contributed by atoms with E-state index >= 15 is 0 Å². The van der Waals surface area contributed by atoms with Crippen LogP contribution in [0.1, 0.15) is 30.0 Å². The van der Waals surface area contributed by atoms with Gasteiger partial charge >= 0.3 is 5.97 Å². The predicted molar refractivity (Wildman–Crippen MR) is 111 cm³/mol. The second-order valence-corrected chi connectivity index (χ2v) is 7.90. The molecule has 3 rings (SSSR count). The van der Waals surface area contributed by atoms with E-state index in [1.165, 1.54) is 11.3 Å². The van der Waals surface area contributed by atoms with Crippen molar-refractivity contribution >= 4 is 45.2 Å². The summed E-state index contributed by atoms with van der Waals surface area (Å²) in [6, 6.07) is 7.70. The molecule has 2 heterocycles. The van der Waals surface area contributed by atoms with Crippen LogP contribution >= 0.6 is 23.1 Å². The molecule has 0 bridgehead atoms. The SMILES string of the molecule is CCOC(=O)Cn1c(=NC(=O)c2cc(C)nn2CC)sc2cc(SC)ccc21. The number of rotatable bonds is 6. The van der Waals surface area contributed by atoms with Gasteiger partial charge < -0.3 is 9.30 Å². The van der Waals surface area contributed by atoms with Crippen LogP contribution in [-0.2, 0) is 22.6 Å². The highest BCUT2D eigenvalue weighted by Gasteiger charge is 2.16. The smallest absolute Gasteiger partial charge is 0.326 e. The van der Waals surface area contributed by atoms with E-state index < -0.39 is 0 Å². The van der Waals surface area contributed by atoms with Crippen LogP contribution in [-0.4, -0.2) is 39.1 Å². The fraction of sp³-hybridized carbons (Fsp3) is 0.368. The molecule has 2 aromatic heterocycles. The minimum absolute atomic E-state index is 0.00460. The van der Waals surface area contributed by atoms with Crippen molar-refractivity contribution in [3.05, 3.63) is 40.5 Å². The minimum Gasteiger partial charge on any atom is -0.465 e. The first-order valence-corrected chi connectivity index (χ1v) is 11.0. The van der Waals surface area contributed by atoms with Crippen LogP contribution in [0.25, 0.3) is 10.2 Å². The lowest BCUT2D eigenvalue weighted by Crippen LogP contribution is -2.23. The zero-order valence-electron chi connectivity index (χ0n) is 16.3. The van der Waals surface area contributed by atoms with Gasteiger partial charge in [-0.05, 0) is 51.3 Å². The van der Waals surface area contributed by atoms with Crippen molar-refractivity contribution in [2.75, 3.05) is 12.9 Å². The van der Waals surface area contributed by atoms with Gasteiger partial charge in [0, 0.05) is 11.4 Å². The molecule has 0 atom stereocenters. The van der Waals surface area contributed by atoms with E-state index in [0.29, 0.717) is 23.6 Å². The van der Waals surface area contributed by atoms with E-state index in [2.05, 4.69) is 10.1 Å². The molecule has 0 N–H and O–H groups in total. The minimum atomic E-state index is -0.378. The zero-order valence-corrected chi connectivity index (χ0v) is 17.9. The number of aromatic nitrogens is 3. The van der Waals surface area contributed by atoms with Gasteiger partial charge in [-0.25, -0.2) is 0 Å². The lowest BCUT2D eigenvalue weighted by Gasteiger charge is -2.05. The molecule has 0 saturated heterocycles. The molecule has 1 amide bonds. The summed E-state index contributed by atoms with van der Waals surface area (Å²) in [4.78, 5) is 30.8. The van der Waals surface area contributed by atoms with Gasteiger partial charge in [0.1, 0.15) is 12.2 Å². The number of amides is 1. The number of thiazole rings is 1. The van der Waals surface area contributed by atoms with Crippen molar-refractivity contribution in [3.63, 3.8) is 0 Å². The van der Waals surface area contributed by atoms with Crippen molar-refractivity contribution in [1.29, 1.82) is 0 Å². The Morgan fingerprint density at radius 3 is 2.75 bits per heavy atom. The lowest BCUT2D eigenvalue weighted by molar-refractivity contribution is -0.143. The fourth-order valence-electron chi connectivity index (χ4n) is 2.86. The van der Waals surface area contributed by atoms with Crippen molar-refractivity contribution in [2.24, 2.45) is 4.99 Å². The first-order valence-electron chi connectivity index (χ1n) is 8.93. The summed E-state index contributed by atoms with van der Waals surface area (Å²) < 4.78 is 9.43. The molecule has 148 valence electrons. The van der Waals surface area contributed by atoms with Crippen molar-refractivity contribution in [3.8, 4) is 0 Å². The number of hydrogen-bond donors (Lipinski definition) is 0. The third-order valence-corrected chi connectivity index (χ3v) is 5.87. The summed E-state index contributed by atoms with van der Waals surface area (Å²) in [6.07, 6.45) is 2.00. The number of thioether (sulfide) groups is 1. The molecule has 3 aromatic rings. The van der Waals surface area contributed by atoms with Crippen molar-refractivity contribution in [2.45, 2.75) is 38.8 Å². The Morgan fingerprint density at radius 1 is 1.29 bits per heavy atom. The Balaban J connectivity index is 2.13. The van der Waals surface area contributed by atoms with Gasteiger partial charge in [-0.2, -0.15) is 10.1 Å². The number of fused-ring (bicyclic) bond motifs is 1. The van der Waals surface area contributed by atoms with Crippen molar-refractivity contribution < 1.29 is 14.3 Å². The number of hydrogen-bond acceptors (Lipinski definition) is 6. The maximum Gasteiger partial charge on any atom is 0.326 e. The maximum absolute atomic E-state index is 12.8. The van der Waals surface area contributed by atoms with E-state index in [4.69, 9.17) is 4.74 Å². The van der Waals surface area contributed by atoms with Gasteiger partial charge in [-0.3, -0.25) is 14.3 Å². The summed E-state index contributed by atoms with van der Waals surface area (Å²) >= 11 is 3.02. The van der Waals surface area contributed by atoms with Gasteiger partial charge in [0.15, 0.2) is 4.80 Å². The van der Waals surface area contributed by atoms with Gasteiger partial charge in [0.2, 0.25) is 0 Å². The molecule has 0 radical (unpaired) electrons. The Kier molecular flexibility index (Phi) is 6.35. The van der Waals surface area contributed by atoms with Crippen LogP contribution in [0.15, 0.2) is 34.2 Å². The summed E-state index contributed by atoms with van der Waals surface area (Å²) in [5, 5.41) is 4.31. The molecular formula is C19H22N4O3S2. The average Bonchev–Trinajstić information content (AvgIpc) is 3.21. The van der Waals surface area contributed by atoms with Crippen LogP contribution in [0.2, 0.25) is 0 Å². The standard InChI is InChI=1S/C19H22N4O3S2/c1-5-23-15(9-12(3)21-23)18(25)20-19-22(11-17(24)26-6-2)14-8-7-13(27-4)10-16(14)28-19/h7-10H,5-6,11H2,1-4H3. The van der Waals surface area contributed by atoms with Gasteiger partial charge in [0.25, 0.3) is 5.91 Å². The number of carbonyl (C=O) groups is 2. The van der Waals surface area contributed by atoms with E-state index in [1.54, 1.807) is 34.0 Å². The van der Waals surface area contributed by atoms with Crippen LogP contribution < -0.4 is 4.80 Å². The molecule has 0 spiro atoms. The van der Waals surface area contributed by atoms with E-state index in [0.717, 1.165) is 20.8 Å². The topological polar surface area (TPSA) is 78.5 Å². The Hall–Kier alpha value is -2.39. The summed E-state index contributed by atoms with van der Waals surface area (Å²) in [5.74, 6) is -0.740. The van der Waals surface area contributed by atoms with Gasteiger partial charge in [-0.1, -0.05) is 11.3 Å². The monoisotopic (exact) mass is 418 g/mol. The summed E-state index contributed by atoms with van der Waals surface area (Å²) in [7, 11) is 0. The van der Waals surface area contributed by atoms with Crippen LogP contribution in [0.5, 0.6) is 0 Å². The van der Waals surface area contributed by atoms with E-state index in [9.17, 15) is 9.59 Å². The third kappa shape index (κ3) is 4.20. The molecular weight excluding hydrogens is 396 g/mol. The largest absolute Gasteiger partial charge is 0.465 e. The quantitative estimate of drug-likeness (QED) is 0.454. The zero-order chi connectivity index (χ0) is 20.3. The Bertz CT molecular complexity index is 1090. The van der Waals surface area contributed by atoms with Gasteiger partial charge in [0.05, 0.1) is 22.5 Å². The Labute approximate surface area is 171 Å². The van der Waals surface area contributed by atoms with E-state index in [-0.39, 0.29) is 18.4 Å². The van der Waals surface area contributed by atoms with Crippen LogP contribution in [0, 0.1) is 6.92 Å². The average molecular weight is 419 g/mol. The van der Waals surface area contributed by atoms with Crippen LogP contribution in [0.3, 0.4) is 0 Å². The number of aryl methyl sites for hydroxylation is 2. The highest BCUT2D eigenvalue weighted by atomic mass is 32.2. The second-order valence-electron chi connectivity index (χ2n) is 6.01. The number of esters is 1. The molecule has 1 aromatic carbocycles. The van der Waals surface area contributed by atoms with Crippen LogP contribution in [0.4, 0.5) is 0 Å². The number of carbonyl (C=O) groups excluding carboxylic acids is 2. The first kappa shape index (κ1) is 20.3. The molecule has 7 nitrogen and oxygen atoms in total. The molecule has 0 aliphatic rings. The number of ether oxygens (including phenoxy) is 1. The molecule has 28 heavy (non-hydrogen) atoms. The molecule has 0 unspecified atom stereocenters. The molecule has 0 fully saturated rings. The van der Waals surface area contributed by atoms with Gasteiger partial charge in [-0.15, -0.1) is 11.8 Å². The number of nitrogens with zero attached hydrogens (tertiary/aromatic N) is 4. The normalized spacial score (nSPS) is 11.9. The predicted octanol–water partition coefficient (Wildman–Crippen LogP) is 3.25. The lowest BCUT2D eigenvalue weighted by atomic mass is 10.3. The summed E-state index contributed by atoms with van der Waals surface area (Å²) in [6.45, 7) is 6.42. The fourth-order valence-corrected chi connectivity index (χ4v) is 4.44. The molecule has 0 aliphatic heterocycles. The highest BCUT2D eigenvalue weighted by molar-refractivity contribution is 7.98. The first-order chi connectivity index (χ1) is 13.5. The third-order valence-electron chi connectivity index (χ3n) is 4.10.